The Labute approximate surface area is 152 Å². The molecule has 0 aliphatic carbocycles. The number of ether oxygens (including phenoxy) is 1. The molecule has 0 spiro atoms. The number of hydrogen-bond donors (Lipinski definition) is 0. The van der Waals surface area contributed by atoms with Gasteiger partial charge in [-0.2, -0.15) is 0 Å². The van der Waals surface area contributed by atoms with Gasteiger partial charge in [0.05, 0.1) is 17.2 Å². The maximum absolute atomic E-state index is 5.87. The molecule has 0 radical (unpaired) electrons. The van der Waals surface area contributed by atoms with E-state index in [9.17, 15) is 0 Å². The summed E-state index contributed by atoms with van der Waals surface area (Å²) in [6.45, 7) is 7.51. The van der Waals surface area contributed by atoms with Crippen molar-refractivity contribution in [3.05, 3.63) is 58.3 Å². The standard InChI is InChI=1S/C20H22N2O2S/c1-3-23-17-7-6-15-8-9-22(12-16(15)11-17)13-18-14(2)24-20(21-18)19-5-4-10-25-19/h4-7,10-11H,3,8-9,12-13H2,1-2H3. The largest absolute Gasteiger partial charge is 0.494 e. The number of aromatic nitrogens is 1. The predicted molar refractivity (Wildman–Crippen MR) is 100.0 cm³/mol. The molecule has 0 N–H and O–H groups in total. The van der Waals surface area contributed by atoms with E-state index in [1.807, 2.05) is 31.4 Å². The third-order valence-corrected chi connectivity index (χ3v) is 5.44. The van der Waals surface area contributed by atoms with Gasteiger partial charge in [0.1, 0.15) is 11.5 Å². The Morgan fingerprint density at radius 1 is 1.28 bits per heavy atom. The molecule has 1 aliphatic heterocycles. The van der Waals surface area contributed by atoms with E-state index in [-0.39, 0.29) is 0 Å². The lowest BCUT2D eigenvalue weighted by molar-refractivity contribution is 0.241. The average molecular weight is 354 g/mol. The van der Waals surface area contributed by atoms with Gasteiger partial charge in [-0.3, -0.25) is 4.90 Å². The smallest absolute Gasteiger partial charge is 0.236 e. The predicted octanol–water partition coefficient (Wildman–Crippen LogP) is 4.67. The van der Waals surface area contributed by atoms with Gasteiger partial charge in [-0.1, -0.05) is 12.1 Å². The maximum atomic E-state index is 5.87. The minimum atomic E-state index is 0.701. The molecule has 1 aliphatic rings. The SMILES string of the molecule is CCOc1ccc2c(c1)CN(Cc1nc(-c3cccs3)oc1C)CC2. The summed E-state index contributed by atoms with van der Waals surface area (Å²) in [5, 5.41) is 2.05. The van der Waals surface area contributed by atoms with Crippen LogP contribution in [0.25, 0.3) is 10.8 Å². The monoisotopic (exact) mass is 354 g/mol. The number of nitrogens with zero attached hydrogens (tertiary/aromatic N) is 2. The second kappa shape index (κ2) is 7.02. The summed E-state index contributed by atoms with van der Waals surface area (Å²) in [7, 11) is 0. The minimum Gasteiger partial charge on any atom is -0.494 e. The zero-order chi connectivity index (χ0) is 17.2. The highest BCUT2D eigenvalue weighted by Gasteiger charge is 2.20. The molecular formula is C20H22N2O2S. The first kappa shape index (κ1) is 16.4. The molecule has 0 saturated heterocycles. The number of oxazole rings is 1. The van der Waals surface area contributed by atoms with Crippen LogP contribution in [0.1, 0.15) is 29.5 Å². The van der Waals surface area contributed by atoms with Crippen LogP contribution in [0.5, 0.6) is 5.75 Å². The van der Waals surface area contributed by atoms with Crippen LogP contribution in [0, 0.1) is 6.92 Å². The first-order chi connectivity index (χ1) is 12.2. The van der Waals surface area contributed by atoms with Crippen molar-refractivity contribution in [1.82, 2.24) is 9.88 Å². The highest BCUT2D eigenvalue weighted by Crippen LogP contribution is 2.28. The van der Waals surface area contributed by atoms with Crippen molar-refractivity contribution in [3.8, 4) is 16.5 Å². The van der Waals surface area contributed by atoms with Crippen LogP contribution in [-0.2, 0) is 19.5 Å². The Bertz CT molecular complexity index is 855. The highest BCUT2D eigenvalue weighted by molar-refractivity contribution is 7.13. The van der Waals surface area contributed by atoms with Gasteiger partial charge in [0, 0.05) is 19.6 Å². The number of aryl methyl sites for hydroxylation is 1. The van der Waals surface area contributed by atoms with E-state index >= 15 is 0 Å². The number of thiophene rings is 1. The molecule has 5 heteroatoms. The Hall–Kier alpha value is -2.11. The normalized spacial score (nSPS) is 14.5. The van der Waals surface area contributed by atoms with Crippen molar-refractivity contribution in [1.29, 1.82) is 0 Å². The van der Waals surface area contributed by atoms with Crippen molar-refractivity contribution < 1.29 is 9.15 Å². The van der Waals surface area contributed by atoms with Gasteiger partial charge >= 0.3 is 0 Å². The molecule has 25 heavy (non-hydrogen) atoms. The molecule has 4 nitrogen and oxygen atoms in total. The van der Waals surface area contributed by atoms with Crippen molar-refractivity contribution in [3.63, 3.8) is 0 Å². The molecule has 2 aromatic heterocycles. The molecule has 130 valence electrons. The van der Waals surface area contributed by atoms with Crippen LogP contribution in [0.4, 0.5) is 0 Å². The van der Waals surface area contributed by atoms with Gasteiger partial charge in [-0.25, -0.2) is 4.98 Å². The molecule has 0 amide bonds. The van der Waals surface area contributed by atoms with Crippen molar-refractivity contribution >= 4 is 11.3 Å². The fraction of sp³-hybridized carbons (Fsp3) is 0.350. The van der Waals surface area contributed by atoms with Crippen molar-refractivity contribution in [2.24, 2.45) is 0 Å². The average Bonchev–Trinajstić information content (AvgIpc) is 3.25. The van der Waals surface area contributed by atoms with E-state index in [2.05, 4.69) is 23.1 Å². The van der Waals surface area contributed by atoms with Crippen LogP contribution in [0.3, 0.4) is 0 Å². The second-order valence-corrected chi connectivity index (χ2v) is 7.27. The van der Waals surface area contributed by atoms with E-state index in [4.69, 9.17) is 14.1 Å². The number of benzene rings is 1. The van der Waals surface area contributed by atoms with Crippen LogP contribution >= 0.6 is 11.3 Å². The van der Waals surface area contributed by atoms with Crippen LogP contribution < -0.4 is 4.74 Å². The van der Waals surface area contributed by atoms with Gasteiger partial charge in [-0.05, 0) is 55.0 Å². The number of rotatable bonds is 5. The van der Waals surface area contributed by atoms with Gasteiger partial charge in [-0.15, -0.1) is 11.3 Å². The molecule has 3 heterocycles. The Morgan fingerprint density at radius 2 is 2.20 bits per heavy atom. The van der Waals surface area contributed by atoms with E-state index in [0.29, 0.717) is 6.61 Å². The third-order valence-electron chi connectivity index (χ3n) is 4.58. The van der Waals surface area contributed by atoms with Crippen molar-refractivity contribution in [2.45, 2.75) is 33.4 Å². The first-order valence-electron chi connectivity index (χ1n) is 8.70. The highest BCUT2D eigenvalue weighted by atomic mass is 32.1. The summed E-state index contributed by atoms with van der Waals surface area (Å²) in [6.07, 6.45) is 1.07. The summed E-state index contributed by atoms with van der Waals surface area (Å²) in [5.74, 6) is 2.61. The molecule has 0 saturated carbocycles. The lowest BCUT2D eigenvalue weighted by Crippen LogP contribution is -2.30. The summed E-state index contributed by atoms with van der Waals surface area (Å²) in [6, 6.07) is 10.5. The number of hydrogen-bond acceptors (Lipinski definition) is 5. The Morgan fingerprint density at radius 3 is 3.00 bits per heavy atom. The molecule has 1 aromatic carbocycles. The van der Waals surface area contributed by atoms with E-state index in [1.54, 1.807) is 11.3 Å². The van der Waals surface area contributed by atoms with Gasteiger partial charge < -0.3 is 9.15 Å². The van der Waals surface area contributed by atoms with E-state index < -0.39 is 0 Å². The summed E-state index contributed by atoms with van der Waals surface area (Å²) in [4.78, 5) is 8.24. The molecular weight excluding hydrogens is 332 g/mol. The second-order valence-electron chi connectivity index (χ2n) is 6.32. The minimum absolute atomic E-state index is 0.701. The van der Waals surface area contributed by atoms with Crippen LogP contribution in [0.15, 0.2) is 40.1 Å². The van der Waals surface area contributed by atoms with E-state index in [0.717, 1.165) is 54.0 Å². The topological polar surface area (TPSA) is 38.5 Å². The van der Waals surface area contributed by atoms with Crippen molar-refractivity contribution in [2.75, 3.05) is 13.2 Å². The molecule has 0 bridgehead atoms. The first-order valence-corrected chi connectivity index (χ1v) is 9.58. The fourth-order valence-corrected chi connectivity index (χ4v) is 3.92. The molecule has 0 atom stereocenters. The quantitative estimate of drug-likeness (QED) is 0.667. The van der Waals surface area contributed by atoms with E-state index in [1.165, 1.54) is 11.1 Å². The zero-order valence-electron chi connectivity index (χ0n) is 14.6. The lowest BCUT2D eigenvalue weighted by Gasteiger charge is -2.28. The van der Waals surface area contributed by atoms with Gasteiger partial charge in [0.15, 0.2) is 0 Å². The lowest BCUT2D eigenvalue weighted by atomic mass is 9.99. The fourth-order valence-electron chi connectivity index (χ4n) is 3.28. The summed E-state index contributed by atoms with van der Waals surface area (Å²) < 4.78 is 11.5. The molecule has 0 unspecified atom stereocenters. The Balaban J connectivity index is 1.50. The molecule has 0 fully saturated rings. The summed E-state index contributed by atoms with van der Waals surface area (Å²) >= 11 is 1.66. The van der Waals surface area contributed by atoms with Crippen LogP contribution in [-0.4, -0.2) is 23.0 Å². The van der Waals surface area contributed by atoms with Gasteiger partial charge in [0.25, 0.3) is 0 Å². The Kier molecular flexibility index (Phi) is 4.59. The van der Waals surface area contributed by atoms with Gasteiger partial charge in [0.2, 0.25) is 5.89 Å². The molecule has 4 rings (SSSR count). The summed E-state index contributed by atoms with van der Waals surface area (Å²) in [5.41, 5.74) is 3.82. The maximum Gasteiger partial charge on any atom is 0.236 e. The molecule has 3 aromatic rings. The zero-order valence-corrected chi connectivity index (χ0v) is 15.4. The number of fused-ring (bicyclic) bond motifs is 1. The third kappa shape index (κ3) is 3.48. The van der Waals surface area contributed by atoms with Crippen LogP contribution in [0.2, 0.25) is 0 Å².